The summed E-state index contributed by atoms with van der Waals surface area (Å²) in [5.74, 6) is 1.34. The highest BCUT2D eigenvalue weighted by Gasteiger charge is 2.40. The van der Waals surface area contributed by atoms with Gasteiger partial charge in [0, 0.05) is 43.4 Å². The van der Waals surface area contributed by atoms with E-state index in [2.05, 4.69) is 20.2 Å². The van der Waals surface area contributed by atoms with Crippen LogP contribution in [0.4, 0.5) is 0 Å². The van der Waals surface area contributed by atoms with Crippen LogP contribution in [0, 0.1) is 12.8 Å². The normalized spacial score (nSPS) is 19.0. The van der Waals surface area contributed by atoms with E-state index in [0.29, 0.717) is 30.4 Å². The molecule has 30 heavy (non-hydrogen) atoms. The molecule has 1 aliphatic heterocycles. The number of amides is 1. The predicted molar refractivity (Wildman–Crippen MR) is 113 cm³/mol. The van der Waals surface area contributed by atoms with E-state index in [1.54, 1.807) is 6.20 Å². The average molecular weight is 409 g/mol. The van der Waals surface area contributed by atoms with Gasteiger partial charge in [0.15, 0.2) is 0 Å². The molecule has 0 bridgehead atoms. The smallest absolute Gasteiger partial charge is 0.257 e. The van der Waals surface area contributed by atoms with Crippen LogP contribution in [0.5, 0.6) is 0 Å². The van der Waals surface area contributed by atoms with Gasteiger partial charge < -0.3 is 14.2 Å². The van der Waals surface area contributed by atoms with Crippen LogP contribution < -0.4 is 0 Å². The summed E-state index contributed by atoms with van der Waals surface area (Å²) >= 11 is 0. The molecule has 8 heteroatoms. The molecule has 3 heterocycles. The first-order chi connectivity index (χ1) is 14.5. The minimum atomic E-state index is 0.00263. The molecule has 0 unspecified atom stereocenters. The number of rotatable bonds is 6. The van der Waals surface area contributed by atoms with Crippen molar-refractivity contribution >= 4 is 5.91 Å². The van der Waals surface area contributed by atoms with Crippen molar-refractivity contribution in [1.29, 1.82) is 0 Å². The molecular formula is C22H28N6O2. The first-order valence-corrected chi connectivity index (χ1v) is 10.3. The highest BCUT2D eigenvalue weighted by Crippen LogP contribution is 2.34. The van der Waals surface area contributed by atoms with Gasteiger partial charge in [-0.1, -0.05) is 18.2 Å². The van der Waals surface area contributed by atoms with E-state index >= 15 is 0 Å². The molecule has 1 aliphatic rings. The van der Waals surface area contributed by atoms with Crippen molar-refractivity contribution in [3.63, 3.8) is 0 Å². The van der Waals surface area contributed by atoms with Gasteiger partial charge in [-0.2, -0.15) is 5.10 Å². The highest BCUT2D eigenvalue weighted by molar-refractivity contribution is 5.95. The first-order valence-electron chi connectivity index (χ1n) is 10.3. The van der Waals surface area contributed by atoms with Gasteiger partial charge in [-0.05, 0) is 40.1 Å². The van der Waals surface area contributed by atoms with Crippen molar-refractivity contribution in [2.75, 3.05) is 33.7 Å². The quantitative estimate of drug-likeness (QED) is 0.624. The van der Waals surface area contributed by atoms with E-state index in [1.165, 1.54) is 0 Å². The molecule has 0 radical (unpaired) electrons. The Balaban J connectivity index is 1.58. The number of benzene rings is 1. The van der Waals surface area contributed by atoms with E-state index in [9.17, 15) is 4.79 Å². The van der Waals surface area contributed by atoms with Crippen LogP contribution in [-0.2, 0) is 6.54 Å². The van der Waals surface area contributed by atoms with Gasteiger partial charge in [0.25, 0.3) is 5.91 Å². The van der Waals surface area contributed by atoms with E-state index in [0.717, 1.165) is 24.3 Å². The molecule has 0 spiro atoms. The van der Waals surface area contributed by atoms with Gasteiger partial charge in [0.05, 0.1) is 17.7 Å². The first kappa shape index (κ1) is 20.3. The lowest BCUT2D eigenvalue weighted by molar-refractivity contribution is 0.0783. The maximum Gasteiger partial charge on any atom is 0.257 e. The molecule has 158 valence electrons. The van der Waals surface area contributed by atoms with Crippen LogP contribution in [-0.4, -0.2) is 69.4 Å². The second kappa shape index (κ2) is 8.39. The van der Waals surface area contributed by atoms with Crippen molar-refractivity contribution in [3.05, 3.63) is 53.7 Å². The number of carbonyl (C=O) groups is 1. The Kier molecular flexibility index (Phi) is 5.67. The SMILES string of the molecule is CCn1ncc(C(=O)N2C[C@H](CN(C)C)[C@@H](c3nnc(-c4ccccc4)o3)C2)c1C. The molecule has 0 N–H and O–H groups in total. The van der Waals surface area contributed by atoms with Gasteiger partial charge in [-0.15, -0.1) is 10.2 Å². The number of aryl methyl sites for hydroxylation is 1. The molecule has 3 aromatic rings. The van der Waals surface area contributed by atoms with Gasteiger partial charge >= 0.3 is 0 Å². The summed E-state index contributed by atoms with van der Waals surface area (Å²) in [6.07, 6.45) is 1.68. The number of carbonyl (C=O) groups excluding carboxylic acids is 1. The molecule has 1 amide bonds. The lowest BCUT2D eigenvalue weighted by atomic mass is 9.95. The van der Waals surface area contributed by atoms with E-state index < -0.39 is 0 Å². The fourth-order valence-electron chi connectivity index (χ4n) is 4.20. The minimum Gasteiger partial charge on any atom is -0.420 e. The maximum absolute atomic E-state index is 13.2. The van der Waals surface area contributed by atoms with Crippen LogP contribution in [0.15, 0.2) is 40.9 Å². The number of nitrogens with zero attached hydrogens (tertiary/aromatic N) is 6. The lowest BCUT2D eigenvalue weighted by Gasteiger charge is -2.19. The Labute approximate surface area is 176 Å². The van der Waals surface area contributed by atoms with Crippen LogP contribution >= 0.6 is 0 Å². The number of hydrogen-bond donors (Lipinski definition) is 0. The number of likely N-dealkylation sites (tertiary alicyclic amines) is 1. The van der Waals surface area contributed by atoms with E-state index in [-0.39, 0.29) is 17.7 Å². The van der Waals surface area contributed by atoms with Gasteiger partial charge in [0.2, 0.25) is 11.8 Å². The zero-order chi connectivity index (χ0) is 21.3. The standard InChI is InChI=1S/C22H28N6O2/c1-5-28-15(2)18(11-23-28)22(29)27-13-17(12-26(3)4)19(14-27)21-25-24-20(30-21)16-9-7-6-8-10-16/h6-11,17,19H,5,12-14H2,1-4H3/t17-,19-/m0/s1. The largest absolute Gasteiger partial charge is 0.420 e. The van der Waals surface area contributed by atoms with Gasteiger partial charge in [-0.3, -0.25) is 9.48 Å². The molecule has 1 saturated heterocycles. The van der Waals surface area contributed by atoms with Crippen molar-refractivity contribution in [2.24, 2.45) is 5.92 Å². The highest BCUT2D eigenvalue weighted by atomic mass is 16.4. The Hall–Kier alpha value is -3.00. The topological polar surface area (TPSA) is 80.3 Å². The number of hydrogen-bond acceptors (Lipinski definition) is 6. The molecule has 8 nitrogen and oxygen atoms in total. The Morgan fingerprint density at radius 2 is 1.97 bits per heavy atom. The second-order valence-corrected chi connectivity index (χ2v) is 8.11. The van der Waals surface area contributed by atoms with Crippen LogP contribution in [0.1, 0.15) is 34.8 Å². The third kappa shape index (κ3) is 3.87. The summed E-state index contributed by atoms with van der Waals surface area (Å²) in [5, 5.41) is 12.9. The molecular weight excluding hydrogens is 380 g/mol. The Bertz CT molecular complexity index is 1010. The molecule has 2 atom stereocenters. The molecule has 2 aromatic heterocycles. The Morgan fingerprint density at radius 1 is 1.20 bits per heavy atom. The summed E-state index contributed by atoms with van der Waals surface area (Å²) in [7, 11) is 4.08. The summed E-state index contributed by atoms with van der Waals surface area (Å²) in [6, 6.07) is 9.75. The third-order valence-electron chi connectivity index (χ3n) is 5.74. The van der Waals surface area contributed by atoms with E-state index in [1.807, 2.05) is 67.9 Å². The van der Waals surface area contributed by atoms with Gasteiger partial charge in [-0.25, -0.2) is 0 Å². The van der Waals surface area contributed by atoms with Crippen LogP contribution in [0.2, 0.25) is 0 Å². The zero-order valence-corrected chi connectivity index (χ0v) is 17.9. The lowest BCUT2D eigenvalue weighted by Crippen LogP contribution is -2.31. The molecule has 1 aromatic carbocycles. The summed E-state index contributed by atoms with van der Waals surface area (Å²) < 4.78 is 7.90. The maximum atomic E-state index is 13.2. The van der Waals surface area contributed by atoms with Crippen molar-refractivity contribution in [1.82, 2.24) is 29.8 Å². The fourth-order valence-corrected chi connectivity index (χ4v) is 4.20. The zero-order valence-electron chi connectivity index (χ0n) is 17.9. The molecule has 0 saturated carbocycles. The fraction of sp³-hybridized carbons (Fsp3) is 0.455. The molecule has 1 fully saturated rings. The Morgan fingerprint density at radius 3 is 2.63 bits per heavy atom. The van der Waals surface area contributed by atoms with Crippen molar-refractivity contribution in [2.45, 2.75) is 26.3 Å². The summed E-state index contributed by atoms with van der Waals surface area (Å²) in [6.45, 7) is 6.76. The van der Waals surface area contributed by atoms with Crippen LogP contribution in [0.25, 0.3) is 11.5 Å². The monoisotopic (exact) mass is 408 g/mol. The van der Waals surface area contributed by atoms with Crippen LogP contribution in [0.3, 0.4) is 0 Å². The molecule has 0 aliphatic carbocycles. The predicted octanol–water partition coefficient (Wildman–Crippen LogP) is 2.68. The van der Waals surface area contributed by atoms with E-state index in [4.69, 9.17) is 4.42 Å². The van der Waals surface area contributed by atoms with Gasteiger partial charge in [0.1, 0.15) is 0 Å². The average Bonchev–Trinajstić information content (AvgIpc) is 3.46. The molecule has 4 rings (SSSR count). The third-order valence-corrected chi connectivity index (χ3v) is 5.74. The summed E-state index contributed by atoms with van der Waals surface area (Å²) in [5.41, 5.74) is 2.46. The minimum absolute atomic E-state index is 0.00263. The second-order valence-electron chi connectivity index (χ2n) is 8.11. The number of aromatic nitrogens is 4. The summed E-state index contributed by atoms with van der Waals surface area (Å²) in [4.78, 5) is 17.3. The van der Waals surface area contributed by atoms with Crippen molar-refractivity contribution in [3.8, 4) is 11.5 Å². The van der Waals surface area contributed by atoms with Crippen molar-refractivity contribution < 1.29 is 9.21 Å².